The van der Waals surface area contributed by atoms with E-state index in [-0.39, 0.29) is 11.5 Å². The minimum atomic E-state index is -0.158. The van der Waals surface area contributed by atoms with Crippen LogP contribution < -0.4 is 10.5 Å². The van der Waals surface area contributed by atoms with E-state index in [0.717, 1.165) is 18.7 Å². The predicted octanol–water partition coefficient (Wildman–Crippen LogP) is 1.90. The molecule has 7 heteroatoms. The molecule has 24 heavy (non-hydrogen) atoms. The molecule has 0 saturated carbocycles. The molecule has 0 unspecified atom stereocenters. The second kappa shape index (κ2) is 7.17. The van der Waals surface area contributed by atoms with Crippen molar-refractivity contribution in [2.75, 3.05) is 31.1 Å². The van der Waals surface area contributed by atoms with Crippen LogP contribution in [0.25, 0.3) is 0 Å². The number of rotatable bonds is 2. The Kier molecular flexibility index (Phi) is 4.99. The summed E-state index contributed by atoms with van der Waals surface area (Å²) in [6.45, 7) is 2.79. The van der Waals surface area contributed by atoms with Gasteiger partial charge in [0, 0.05) is 38.8 Å². The SMILES string of the molecule is Cn1ncc(N2CCCN(C(=O)c3ccccc3)CC2)c(Br)c1=O. The average molecular weight is 391 g/mol. The van der Waals surface area contributed by atoms with Gasteiger partial charge in [-0.25, -0.2) is 4.68 Å². The number of carbonyl (C=O) groups excluding carboxylic acids is 1. The molecule has 3 rings (SSSR count). The van der Waals surface area contributed by atoms with Crippen LogP contribution in [-0.4, -0.2) is 46.8 Å². The molecule has 1 aromatic carbocycles. The zero-order chi connectivity index (χ0) is 17.1. The molecule has 0 aliphatic carbocycles. The van der Waals surface area contributed by atoms with Gasteiger partial charge in [-0.2, -0.15) is 5.10 Å². The molecule has 1 amide bonds. The molecule has 2 heterocycles. The zero-order valence-electron chi connectivity index (χ0n) is 13.5. The van der Waals surface area contributed by atoms with Crippen molar-refractivity contribution < 1.29 is 4.79 Å². The number of hydrogen-bond donors (Lipinski definition) is 0. The number of halogens is 1. The van der Waals surface area contributed by atoms with Crippen LogP contribution >= 0.6 is 15.9 Å². The maximum atomic E-state index is 12.6. The Hall–Kier alpha value is -2.15. The fourth-order valence-corrected chi connectivity index (χ4v) is 3.46. The van der Waals surface area contributed by atoms with Crippen molar-refractivity contribution in [1.29, 1.82) is 0 Å². The van der Waals surface area contributed by atoms with Crippen LogP contribution in [0.3, 0.4) is 0 Å². The minimum Gasteiger partial charge on any atom is -0.367 e. The van der Waals surface area contributed by atoms with E-state index in [1.807, 2.05) is 35.2 Å². The highest BCUT2D eigenvalue weighted by Crippen LogP contribution is 2.23. The Balaban J connectivity index is 1.75. The third-order valence-corrected chi connectivity index (χ3v) is 4.95. The second-order valence-corrected chi connectivity index (χ2v) is 6.56. The van der Waals surface area contributed by atoms with Gasteiger partial charge >= 0.3 is 0 Å². The van der Waals surface area contributed by atoms with Gasteiger partial charge in [0.1, 0.15) is 4.47 Å². The molecule has 126 valence electrons. The van der Waals surface area contributed by atoms with E-state index in [9.17, 15) is 9.59 Å². The number of benzene rings is 1. The topological polar surface area (TPSA) is 58.4 Å². The lowest BCUT2D eigenvalue weighted by atomic mass is 10.2. The molecule has 1 aliphatic heterocycles. The van der Waals surface area contributed by atoms with Gasteiger partial charge in [-0.1, -0.05) is 18.2 Å². The quantitative estimate of drug-likeness (QED) is 0.785. The van der Waals surface area contributed by atoms with Crippen LogP contribution in [-0.2, 0) is 7.05 Å². The monoisotopic (exact) mass is 390 g/mol. The fraction of sp³-hybridized carbons (Fsp3) is 0.353. The van der Waals surface area contributed by atoms with Crippen LogP contribution in [0.5, 0.6) is 0 Å². The minimum absolute atomic E-state index is 0.0543. The van der Waals surface area contributed by atoms with Gasteiger partial charge in [0.25, 0.3) is 11.5 Å². The first-order chi connectivity index (χ1) is 11.6. The summed E-state index contributed by atoms with van der Waals surface area (Å²) in [4.78, 5) is 28.6. The smallest absolute Gasteiger partial charge is 0.282 e. The Morgan fingerprint density at radius 2 is 1.88 bits per heavy atom. The van der Waals surface area contributed by atoms with Crippen molar-refractivity contribution >= 4 is 27.5 Å². The molecule has 6 nitrogen and oxygen atoms in total. The summed E-state index contributed by atoms with van der Waals surface area (Å²) in [5.41, 5.74) is 1.34. The van der Waals surface area contributed by atoms with Crippen molar-refractivity contribution in [2.24, 2.45) is 7.05 Å². The molecule has 1 aromatic heterocycles. The maximum absolute atomic E-state index is 12.6. The summed E-state index contributed by atoms with van der Waals surface area (Å²) in [6, 6.07) is 9.33. The van der Waals surface area contributed by atoms with Crippen molar-refractivity contribution in [2.45, 2.75) is 6.42 Å². The highest BCUT2D eigenvalue weighted by Gasteiger charge is 2.22. The summed E-state index contributed by atoms with van der Waals surface area (Å²) >= 11 is 3.38. The van der Waals surface area contributed by atoms with E-state index < -0.39 is 0 Å². The van der Waals surface area contributed by atoms with Gasteiger partial charge < -0.3 is 9.80 Å². The van der Waals surface area contributed by atoms with Crippen molar-refractivity contribution in [3.63, 3.8) is 0 Å². The highest BCUT2D eigenvalue weighted by molar-refractivity contribution is 9.10. The molecular weight excluding hydrogens is 372 g/mol. The number of amides is 1. The highest BCUT2D eigenvalue weighted by atomic mass is 79.9. The number of hydrogen-bond acceptors (Lipinski definition) is 4. The molecule has 0 N–H and O–H groups in total. The Bertz CT molecular complexity index is 791. The largest absolute Gasteiger partial charge is 0.367 e. The number of aromatic nitrogens is 2. The maximum Gasteiger partial charge on any atom is 0.282 e. The predicted molar refractivity (Wildman–Crippen MR) is 96.4 cm³/mol. The van der Waals surface area contributed by atoms with Crippen LogP contribution in [0, 0.1) is 0 Å². The number of carbonyl (C=O) groups is 1. The van der Waals surface area contributed by atoms with Crippen LogP contribution in [0.4, 0.5) is 5.69 Å². The van der Waals surface area contributed by atoms with Gasteiger partial charge in [0.05, 0.1) is 11.9 Å². The van der Waals surface area contributed by atoms with Crippen molar-refractivity contribution in [3.05, 3.63) is 56.9 Å². The van der Waals surface area contributed by atoms with Crippen LogP contribution in [0.1, 0.15) is 16.8 Å². The lowest BCUT2D eigenvalue weighted by molar-refractivity contribution is 0.0767. The normalized spacial score (nSPS) is 15.2. The third kappa shape index (κ3) is 3.36. The molecule has 1 fully saturated rings. The Morgan fingerprint density at radius 1 is 1.12 bits per heavy atom. The molecule has 1 saturated heterocycles. The van der Waals surface area contributed by atoms with E-state index in [4.69, 9.17) is 0 Å². The van der Waals surface area contributed by atoms with Gasteiger partial charge in [0.2, 0.25) is 0 Å². The summed E-state index contributed by atoms with van der Waals surface area (Å²) in [6.07, 6.45) is 2.54. The lowest BCUT2D eigenvalue weighted by Gasteiger charge is -2.24. The van der Waals surface area contributed by atoms with Crippen LogP contribution in [0.15, 0.2) is 45.8 Å². The molecular formula is C17H19BrN4O2. The molecule has 2 aromatic rings. The van der Waals surface area contributed by atoms with Gasteiger partial charge in [0.15, 0.2) is 0 Å². The Labute approximate surface area is 148 Å². The summed E-state index contributed by atoms with van der Waals surface area (Å²) in [5.74, 6) is 0.0543. The summed E-state index contributed by atoms with van der Waals surface area (Å²) in [7, 11) is 1.62. The van der Waals surface area contributed by atoms with Gasteiger partial charge in [-0.05, 0) is 34.5 Å². The summed E-state index contributed by atoms with van der Waals surface area (Å²) in [5, 5.41) is 4.10. The standard InChI is InChI=1S/C17H19BrN4O2/c1-20-17(24)15(18)14(12-19-20)21-8-5-9-22(11-10-21)16(23)13-6-3-2-4-7-13/h2-4,6-7,12H,5,8-11H2,1H3. The zero-order valence-corrected chi connectivity index (χ0v) is 15.1. The van der Waals surface area contributed by atoms with Gasteiger partial charge in [-0.3, -0.25) is 9.59 Å². The first-order valence-electron chi connectivity index (χ1n) is 7.89. The molecule has 0 bridgehead atoms. The summed E-state index contributed by atoms with van der Waals surface area (Å²) < 4.78 is 1.82. The van der Waals surface area contributed by atoms with E-state index >= 15 is 0 Å². The third-order valence-electron chi connectivity index (χ3n) is 4.20. The fourth-order valence-electron chi connectivity index (χ4n) is 2.85. The second-order valence-electron chi connectivity index (χ2n) is 5.77. The number of aryl methyl sites for hydroxylation is 1. The first kappa shape index (κ1) is 16.7. The molecule has 1 aliphatic rings. The van der Waals surface area contributed by atoms with Crippen molar-refractivity contribution in [1.82, 2.24) is 14.7 Å². The number of nitrogens with zero attached hydrogens (tertiary/aromatic N) is 4. The Morgan fingerprint density at radius 3 is 2.62 bits per heavy atom. The molecule has 0 radical (unpaired) electrons. The molecule has 0 atom stereocenters. The lowest BCUT2D eigenvalue weighted by Crippen LogP contribution is -2.36. The van der Waals surface area contributed by atoms with E-state index in [0.29, 0.717) is 29.7 Å². The van der Waals surface area contributed by atoms with E-state index in [2.05, 4.69) is 25.9 Å². The van der Waals surface area contributed by atoms with Crippen LogP contribution in [0.2, 0.25) is 0 Å². The van der Waals surface area contributed by atoms with E-state index in [1.54, 1.807) is 13.2 Å². The average Bonchev–Trinajstić information content (AvgIpc) is 2.86. The van der Waals surface area contributed by atoms with Gasteiger partial charge in [-0.15, -0.1) is 0 Å². The molecule has 0 spiro atoms. The first-order valence-corrected chi connectivity index (χ1v) is 8.68. The van der Waals surface area contributed by atoms with E-state index in [1.165, 1.54) is 4.68 Å². The number of anilines is 1. The van der Waals surface area contributed by atoms with Crippen molar-refractivity contribution in [3.8, 4) is 0 Å².